The fourth-order valence-corrected chi connectivity index (χ4v) is 1.41. The summed E-state index contributed by atoms with van der Waals surface area (Å²) in [7, 11) is 0. The van der Waals surface area contributed by atoms with Gasteiger partial charge in [0, 0.05) is 12.0 Å². The van der Waals surface area contributed by atoms with Gasteiger partial charge in [0.05, 0.1) is 0 Å². The van der Waals surface area contributed by atoms with E-state index in [9.17, 15) is 5.11 Å². The summed E-state index contributed by atoms with van der Waals surface area (Å²) in [5.74, 6) is 5.82. The number of phenolic OH excluding ortho intramolecular Hbond substituents is 2. The van der Waals surface area contributed by atoms with Gasteiger partial charge in [-0.25, -0.2) is 0 Å². The van der Waals surface area contributed by atoms with Crippen molar-refractivity contribution in [3.63, 3.8) is 0 Å². The van der Waals surface area contributed by atoms with Gasteiger partial charge in [-0.3, -0.25) is 0 Å². The molecule has 0 aliphatic carbocycles. The lowest BCUT2D eigenvalue weighted by atomic mass is 10.1. The Morgan fingerprint density at radius 3 is 2.56 bits per heavy atom. The zero-order valence-electron chi connectivity index (χ0n) is 9.66. The Morgan fingerprint density at radius 2 is 1.88 bits per heavy atom. The van der Waals surface area contributed by atoms with Crippen molar-refractivity contribution in [2.75, 3.05) is 0 Å². The van der Waals surface area contributed by atoms with Crippen LogP contribution in [0.3, 0.4) is 0 Å². The molecule has 0 saturated carbocycles. The predicted molar refractivity (Wildman–Crippen MR) is 65.4 cm³/mol. The van der Waals surface area contributed by atoms with Crippen LogP contribution in [0.5, 0.6) is 11.5 Å². The molecule has 0 aliphatic heterocycles. The predicted octanol–water partition coefficient (Wildman–Crippen LogP) is 3.42. The zero-order valence-corrected chi connectivity index (χ0v) is 9.66. The number of hydrogen-bond donors (Lipinski definition) is 2. The molecule has 0 aliphatic rings. The molecule has 2 N–H and O–H groups in total. The first-order valence-electron chi connectivity index (χ1n) is 5.75. The first-order chi connectivity index (χ1) is 7.74. The number of unbranched alkanes of at least 4 members (excludes halogenated alkanes) is 4. The minimum Gasteiger partial charge on any atom is -0.504 e. The van der Waals surface area contributed by atoms with Crippen LogP contribution in [-0.2, 0) is 0 Å². The van der Waals surface area contributed by atoms with Gasteiger partial charge < -0.3 is 10.2 Å². The molecular formula is C14H18O2. The largest absolute Gasteiger partial charge is 0.504 e. The third-order valence-electron chi connectivity index (χ3n) is 2.36. The highest BCUT2D eigenvalue weighted by atomic mass is 16.3. The molecule has 1 rings (SSSR count). The van der Waals surface area contributed by atoms with E-state index in [1.807, 2.05) is 0 Å². The maximum atomic E-state index is 9.25. The third-order valence-corrected chi connectivity index (χ3v) is 2.36. The highest BCUT2D eigenvalue weighted by Crippen LogP contribution is 2.24. The minimum absolute atomic E-state index is 0.103. The van der Waals surface area contributed by atoms with E-state index < -0.39 is 0 Å². The van der Waals surface area contributed by atoms with Gasteiger partial charge in [-0.2, -0.15) is 0 Å². The van der Waals surface area contributed by atoms with E-state index in [0.29, 0.717) is 0 Å². The lowest BCUT2D eigenvalue weighted by molar-refractivity contribution is 0.403. The Morgan fingerprint density at radius 1 is 1.06 bits per heavy atom. The summed E-state index contributed by atoms with van der Waals surface area (Å²) in [6, 6.07) is 4.64. The summed E-state index contributed by atoms with van der Waals surface area (Å²) in [5, 5.41) is 18.4. The van der Waals surface area contributed by atoms with E-state index in [1.54, 1.807) is 6.07 Å². The van der Waals surface area contributed by atoms with Crippen molar-refractivity contribution < 1.29 is 10.2 Å². The molecule has 0 bridgehead atoms. The number of rotatable bonds is 4. The molecule has 1 aromatic carbocycles. The minimum atomic E-state index is -0.113. The van der Waals surface area contributed by atoms with Gasteiger partial charge >= 0.3 is 0 Å². The van der Waals surface area contributed by atoms with Crippen LogP contribution in [0.15, 0.2) is 18.2 Å². The van der Waals surface area contributed by atoms with Crippen molar-refractivity contribution in [2.45, 2.75) is 39.0 Å². The van der Waals surface area contributed by atoms with Crippen LogP contribution in [0.4, 0.5) is 0 Å². The number of phenols is 2. The summed E-state index contributed by atoms with van der Waals surface area (Å²) >= 11 is 0. The summed E-state index contributed by atoms with van der Waals surface area (Å²) in [4.78, 5) is 0. The van der Waals surface area contributed by atoms with Crippen LogP contribution in [0.1, 0.15) is 44.6 Å². The van der Waals surface area contributed by atoms with Crippen LogP contribution >= 0.6 is 0 Å². The van der Waals surface area contributed by atoms with Crippen LogP contribution in [0.2, 0.25) is 0 Å². The highest BCUT2D eigenvalue weighted by Gasteiger charge is 1.97. The molecule has 0 fully saturated rings. The summed E-state index contributed by atoms with van der Waals surface area (Å²) < 4.78 is 0. The Kier molecular flexibility index (Phi) is 5.28. The van der Waals surface area contributed by atoms with Crippen molar-refractivity contribution in [2.24, 2.45) is 0 Å². The Balaban J connectivity index is 2.41. The molecule has 2 nitrogen and oxygen atoms in total. The van der Waals surface area contributed by atoms with E-state index in [1.165, 1.54) is 31.4 Å². The molecule has 16 heavy (non-hydrogen) atoms. The van der Waals surface area contributed by atoms with Crippen LogP contribution < -0.4 is 0 Å². The quantitative estimate of drug-likeness (QED) is 0.462. The van der Waals surface area contributed by atoms with E-state index >= 15 is 0 Å². The van der Waals surface area contributed by atoms with Crippen LogP contribution in [0.25, 0.3) is 0 Å². The van der Waals surface area contributed by atoms with E-state index in [0.717, 1.165) is 18.4 Å². The second-order valence-electron chi connectivity index (χ2n) is 3.82. The highest BCUT2D eigenvalue weighted by molar-refractivity contribution is 5.46. The standard InChI is InChI=1S/C14H18O2/c1-2-3-4-5-6-7-8-12-9-10-13(15)14(16)11-12/h9-11,15-16H,2-6H2,1H3. The van der Waals surface area contributed by atoms with Crippen molar-refractivity contribution in [1.29, 1.82) is 0 Å². The summed E-state index contributed by atoms with van der Waals surface area (Å²) in [6.07, 6.45) is 5.75. The van der Waals surface area contributed by atoms with Crippen LogP contribution in [0, 0.1) is 11.8 Å². The van der Waals surface area contributed by atoms with E-state index in [2.05, 4.69) is 18.8 Å². The van der Waals surface area contributed by atoms with Gasteiger partial charge in [-0.05, 0) is 24.6 Å². The first kappa shape index (κ1) is 12.4. The molecule has 0 aromatic heterocycles. The molecule has 0 unspecified atom stereocenters. The number of benzene rings is 1. The number of hydrogen-bond acceptors (Lipinski definition) is 2. The SMILES string of the molecule is CCCCCCC#Cc1ccc(O)c(O)c1. The average Bonchev–Trinajstić information content (AvgIpc) is 2.28. The second kappa shape index (κ2) is 6.79. The smallest absolute Gasteiger partial charge is 0.158 e. The van der Waals surface area contributed by atoms with Gasteiger partial charge in [0.2, 0.25) is 0 Å². The molecule has 0 saturated heterocycles. The molecule has 86 valence electrons. The topological polar surface area (TPSA) is 40.5 Å². The Labute approximate surface area is 96.9 Å². The monoisotopic (exact) mass is 218 g/mol. The van der Waals surface area contributed by atoms with Crippen LogP contribution in [-0.4, -0.2) is 10.2 Å². The zero-order chi connectivity index (χ0) is 11.8. The van der Waals surface area contributed by atoms with Crippen molar-refractivity contribution in [3.05, 3.63) is 23.8 Å². The van der Waals surface area contributed by atoms with Crippen molar-refractivity contribution in [1.82, 2.24) is 0 Å². The lowest BCUT2D eigenvalue weighted by Crippen LogP contribution is -1.76. The molecule has 1 aromatic rings. The maximum absolute atomic E-state index is 9.25. The third kappa shape index (κ3) is 4.27. The second-order valence-corrected chi connectivity index (χ2v) is 3.82. The Hall–Kier alpha value is -1.62. The first-order valence-corrected chi connectivity index (χ1v) is 5.75. The summed E-state index contributed by atoms with van der Waals surface area (Å²) in [6.45, 7) is 2.19. The van der Waals surface area contributed by atoms with Gasteiger partial charge in [-0.15, -0.1) is 0 Å². The average molecular weight is 218 g/mol. The molecule has 0 atom stereocenters. The van der Waals surface area contributed by atoms with Crippen molar-refractivity contribution >= 4 is 0 Å². The lowest BCUT2D eigenvalue weighted by Gasteiger charge is -1.96. The van der Waals surface area contributed by atoms with Gasteiger partial charge in [0.1, 0.15) is 0 Å². The fourth-order valence-electron chi connectivity index (χ4n) is 1.41. The van der Waals surface area contributed by atoms with Crippen molar-refractivity contribution in [3.8, 4) is 23.3 Å². The van der Waals surface area contributed by atoms with E-state index in [4.69, 9.17) is 5.11 Å². The maximum Gasteiger partial charge on any atom is 0.158 e. The summed E-state index contributed by atoms with van der Waals surface area (Å²) in [5.41, 5.74) is 0.741. The number of aromatic hydroxyl groups is 2. The fraction of sp³-hybridized carbons (Fsp3) is 0.429. The molecule has 0 amide bonds. The van der Waals surface area contributed by atoms with Gasteiger partial charge in [0.15, 0.2) is 11.5 Å². The molecule has 2 heteroatoms. The van der Waals surface area contributed by atoms with Gasteiger partial charge in [0.25, 0.3) is 0 Å². The molecular weight excluding hydrogens is 200 g/mol. The van der Waals surface area contributed by atoms with Gasteiger partial charge in [-0.1, -0.05) is 38.0 Å². The Bertz CT molecular complexity index is 385. The normalized spacial score (nSPS) is 9.56. The van der Waals surface area contributed by atoms with E-state index in [-0.39, 0.29) is 11.5 Å². The molecule has 0 spiro atoms. The molecule has 0 radical (unpaired) electrons. The molecule has 0 heterocycles.